The van der Waals surface area contributed by atoms with Crippen LogP contribution in [0.15, 0.2) is 47.0 Å². The van der Waals surface area contributed by atoms with Crippen molar-refractivity contribution in [2.24, 2.45) is 0 Å². The normalized spacial score (nSPS) is 15.4. The molecule has 1 fully saturated rings. The highest BCUT2D eigenvalue weighted by molar-refractivity contribution is 7.19. The van der Waals surface area contributed by atoms with E-state index in [2.05, 4.69) is 52.8 Å². The Kier molecular flexibility index (Phi) is 6.51. The number of fused-ring (bicyclic) bond motifs is 1. The van der Waals surface area contributed by atoms with Crippen molar-refractivity contribution in [3.8, 4) is 10.6 Å². The number of aromatic nitrogens is 2. The Bertz CT molecular complexity index is 1310. The third kappa shape index (κ3) is 4.65. The van der Waals surface area contributed by atoms with Crippen molar-refractivity contribution in [2.45, 2.75) is 52.2 Å². The van der Waals surface area contributed by atoms with Crippen LogP contribution in [0.1, 0.15) is 48.4 Å². The van der Waals surface area contributed by atoms with Crippen molar-refractivity contribution in [3.05, 3.63) is 63.8 Å². The van der Waals surface area contributed by atoms with Gasteiger partial charge in [-0.2, -0.15) is 0 Å². The number of piperidine rings is 1. The molecule has 34 heavy (non-hydrogen) atoms. The SMILES string of the molecule is Cc1cccc2cc(C(=O)NC3CCN(C(C)C)CC3)n(Cc3cc(-c4ccc(Cl)s4)on3)c12. The van der Waals surface area contributed by atoms with Crippen molar-refractivity contribution in [2.75, 3.05) is 13.1 Å². The number of carbonyl (C=O) groups is 1. The molecule has 1 saturated heterocycles. The topological polar surface area (TPSA) is 63.3 Å². The van der Waals surface area contributed by atoms with Crippen molar-refractivity contribution in [1.82, 2.24) is 19.9 Å². The highest BCUT2D eigenvalue weighted by atomic mass is 35.5. The number of para-hydroxylation sites is 1. The van der Waals surface area contributed by atoms with Crippen LogP contribution in [0.5, 0.6) is 0 Å². The van der Waals surface area contributed by atoms with Crippen LogP contribution in [0.4, 0.5) is 0 Å². The van der Waals surface area contributed by atoms with Crippen LogP contribution in [0, 0.1) is 6.92 Å². The molecule has 0 unspecified atom stereocenters. The lowest BCUT2D eigenvalue weighted by atomic mass is 10.0. The van der Waals surface area contributed by atoms with E-state index in [1.807, 2.05) is 30.3 Å². The molecule has 4 heterocycles. The van der Waals surface area contributed by atoms with Crippen LogP contribution in [0.2, 0.25) is 4.34 Å². The molecule has 0 atom stereocenters. The van der Waals surface area contributed by atoms with E-state index in [9.17, 15) is 4.79 Å². The maximum absolute atomic E-state index is 13.4. The number of amides is 1. The maximum Gasteiger partial charge on any atom is 0.268 e. The fourth-order valence-corrected chi connectivity index (χ4v) is 5.79. The van der Waals surface area contributed by atoms with Crippen LogP contribution < -0.4 is 5.32 Å². The summed E-state index contributed by atoms with van der Waals surface area (Å²) in [5.41, 5.74) is 3.58. The molecule has 1 aromatic carbocycles. The first kappa shape index (κ1) is 23.1. The number of hydrogen-bond donors (Lipinski definition) is 1. The fourth-order valence-electron chi connectivity index (χ4n) is 4.80. The van der Waals surface area contributed by atoms with E-state index >= 15 is 0 Å². The van der Waals surface area contributed by atoms with Crippen LogP contribution in [0.25, 0.3) is 21.5 Å². The summed E-state index contributed by atoms with van der Waals surface area (Å²) >= 11 is 7.53. The molecule has 8 heteroatoms. The first-order valence-corrected chi connectivity index (χ1v) is 12.9. The van der Waals surface area contributed by atoms with Gasteiger partial charge in [-0.15, -0.1) is 11.3 Å². The van der Waals surface area contributed by atoms with Gasteiger partial charge in [0, 0.05) is 36.6 Å². The van der Waals surface area contributed by atoms with E-state index in [1.54, 1.807) is 0 Å². The van der Waals surface area contributed by atoms with Gasteiger partial charge in [0.2, 0.25) is 0 Å². The minimum absolute atomic E-state index is 0.0349. The summed E-state index contributed by atoms with van der Waals surface area (Å²) in [4.78, 5) is 16.8. The number of thiophene rings is 1. The molecule has 3 aromatic heterocycles. The lowest BCUT2D eigenvalue weighted by molar-refractivity contribution is 0.0892. The summed E-state index contributed by atoms with van der Waals surface area (Å²) < 4.78 is 8.36. The number of nitrogens with one attached hydrogen (secondary N) is 1. The third-order valence-electron chi connectivity index (χ3n) is 6.64. The van der Waals surface area contributed by atoms with Gasteiger partial charge in [0.05, 0.1) is 21.3 Å². The highest BCUT2D eigenvalue weighted by Crippen LogP contribution is 2.32. The van der Waals surface area contributed by atoms with Crippen molar-refractivity contribution < 1.29 is 9.32 Å². The van der Waals surface area contributed by atoms with E-state index in [0.29, 0.717) is 28.4 Å². The van der Waals surface area contributed by atoms with Crippen LogP contribution in [-0.4, -0.2) is 45.7 Å². The molecule has 1 aliphatic rings. The van der Waals surface area contributed by atoms with Crippen LogP contribution in [-0.2, 0) is 6.54 Å². The molecule has 178 valence electrons. The zero-order chi connectivity index (χ0) is 23.8. The van der Waals surface area contributed by atoms with Gasteiger partial charge in [0.15, 0.2) is 5.76 Å². The molecule has 0 spiro atoms. The molecule has 0 aliphatic carbocycles. The van der Waals surface area contributed by atoms with Gasteiger partial charge < -0.3 is 19.3 Å². The highest BCUT2D eigenvalue weighted by Gasteiger charge is 2.25. The Labute approximate surface area is 208 Å². The molecule has 1 amide bonds. The van der Waals surface area contributed by atoms with E-state index < -0.39 is 0 Å². The average Bonchev–Trinajstić information content (AvgIpc) is 3.54. The molecule has 5 rings (SSSR count). The van der Waals surface area contributed by atoms with Crippen molar-refractivity contribution >= 4 is 39.7 Å². The standard InChI is InChI=1S/C26H29ClN4O2S/c1-16(2)30-11-9-19(10-12-30)28-26(32)21-13-18-6-4-5-17(3)25(18)31(21)15-20-14-22(33-29-20)23-7-8-24(27)34-23/h4-8,13-14,16,19H,9-12,15H2,1-3H3,(H,28,32). The molecule has 1 aliphatic heterocycles. The van der Waals surface area contributed by atoms with E-state index in [0.717, 1.165) is 53.0 Å². The molecule has 0 radical (unpaired) electrons. The third-order valence-corrected chi connectivity index (χ3v) is 7.89. The van der Waals surface area contributed by atoms with Gasteiger partial charge in [-0.1, -0.05) is 35.0 Å². The van der Waals surface area contributed by atoms with E-state index in [4.69, 9.17) is 16.1 Å². The lowest BCUT2D eigenvalue weighted by Crippen LogP contribution is -2.46. The number of hydrogen-bond acceptors (Lipinski definition) is 5. The Hall–Kier alpha value is -2.61. The Morgan fingerprint density at radius 3 is 2.74 bits per heavy atom. The minimum atomic E-state index is -0.0349. The fraction of sp³-hybridized carbons (Fsp3) is 0.385. The number of benzene rings is 1. The average molecular weight is 497 g/mol. The summed E-state index contributed by atoms with van der Waals surface area (Å²) in [5.74, 6) is 0.648. The summed E-state index contributed by atoms with van der Waals surface area (Å²) in [6, 6.07) is 14.6. The largest absolute Gasteiger partial charge is 0.355 e. The number of halogens is 1. The smallest absolute Gasteiger partial charge is 0.268 e. The molecular formula is C26H29ClN4O2S. The van der Waals surface area contributed by atoms with Crippen molar-refractivity contribution in [1.29, 1.82) is 0 Å². The Morgan fingerprint density at radius 1 is 1.24 bits per heavy atom. The molecule has 4 aromatic rings. The Balaban J connectivity index is 1.41. The number of rotatable bonds is 6. The first-order chi connectivity index (χ1) is 16.4. The van der Waals surface area contributed by atoms with Crippen LogP contribution >= 0.6 is 22.9 Å². The predicted octanol–water partition coefficient (Wildman–Crippen LogP) is 5.97. The lowest BCUT2D eigenvalue weighted by Gasteiger charge is -2.34. The first-order valence-electron chi connectivity index (χ1n) is 11.7. The van der Waals surface area contributed by atoms with E-state index in [1.165, 1.54) is 11.3 Å². The number of nitrogens with zero attached hydrogens (tertiary/aromatic N) is 3. The number of likely N-dealkylation sites (tertiary alicyclic amines) is 1. The van der Waals surface area contributed by atoms with Gasteiger partial charge >= 0.3 is 0 Å². The Morgan fingerprint density at radius 2 is 2.03 bits per heavy atom. The van der Waals surface area contributed by atoms with Crippen molar-refractivity contribution in [3.63, 3.8) is 0 Å². The summed E-state index contributed by atoms with van der Waals surface area (Å²) in [6.45, 7) is 9.00. The monoisotopic (exact) mass is 496 g/mol. The van der Waals surface area contributed by atoms with Gasteiger partial charge in [-0.25, -0.2) is 0 Å². The van der Waals surface area contributed by atoms with Gasteiger partial charge in [0.1, 0.15) is 11.4 Å². The summed E-state index contributed by atoms with van der Waals surface area (Å²) in [7, 11) is 0. The number of carbonyl (C=O) groups excluding carboxylic acids is 1. The molecule has 1 N–H and O–H groups in total. The van der Waals surface area contributed by atoms with Gasteiger partial charge in [-0.3, -0.25) is 4.79 Å². The second kappa shape index (κ2) is 9.56. The maximum atomic E-state index is 13.4. The van der Waals surface area contributed by atoms with Crippen LogP contribution in [0.3, 0.4) is 0 Å². The molecule has 0 bridgehead atoms. The number of aryl methyl sites for hydroxylation is 1. The quantitative estimate of drug-likeness (QED) is 0.357. The second-order valence-electron chi connectivity index (χ2n) is 9.29. The second-order valence-corrected chi connectivity index (χ2v) is 11.0. The summed E-state index contributed by atoms with van der Waals surface area (Å²) in [5, 5.41) is 8.63. The molecule has 0 saturated carbocycles. The molecular weight excluding hydrogens is 468 g/mol. The minimum Gasteiger partial charge on any atom is -0.355 e. The zero-order valence-corrected chi connectivity index (χ0v) is 21.2. The molecule has 6 nitrogen and oxygen atoms in total. The predicted molar refractivity (Wildman–Crippen MR) is 138 cm³/mol. The zero-order valence-electron chi connectivity index (χ0n) is 19.7. The van der Waals surface area contributed by atoms with E-state index in [-0.39, 0.29) is 11.9 Å². The summed E-state index contributed by atoms with van der Waals surface area (Å²) in [6.07, 6.45) is 1.94. The van der Waals surface area contributed by atoms with Gasteiger partial charge in [-0.05, 0) is 57.4 Å². The van der Waals surface area contributed by atoms with Gasteiger partial charge in [0.25, 0.3) is 5.91 Å².